The highest BCUT2D eigenvalue weighted by atomic mass is 32.2. The molecule has 2 saturated carbocycles. The summed E-state index contributed by atoms with van der Waals surface area (Å²) in [6.07, 6.45) is 8.62. The van der Waals surface area contributed by atoms with E-state index in [0.717, 1.165) is 51.4 Å². The number of amidine groups is 1. The zero-order valence-electron chi connectivity index (χ0n) is 15.5. The van der Waals surface area contributed by atoms with Crippen LogP contribution < -0.4 is 5.32 Å². The molecule has 0 spiro atoms. The van der Waals surface area contributed by atoms with Crippen LogP contribution in [0.4, 0.5) is 4.79 Å². The predicted molar refractivity (Wildman–Crippen MR) is 109 cm³/mol. The van der Waals surface area contributed by atoms with Crippen LogP contribution >= 0.6 is 23.5 Å². The molecule has 2 fully saturated rings. The summed E-state index contributed by atoms with van der Waals surface area (Å²) in [5.41, 5.74) is 0. The van der Waals surface area contributed by atoms with Gasteiger partial charge >= 0.3 is 12.0 Å². The second-order valence-corrected chi connectivity index (χ2v) is 10.2. The first-order chi connectivity index (χ1) is 13.0. The van der Waals surface area contributed by atoms with Gasteiger partial charge in [-0.2, -0.15) is 0 Å². The van der Waals surface area contributed by atoms with Crippen molar-refractivity contribution in [2.45, 2.75) is 80.6 Å². The van der Waals surface area contributed by atoms with Gasteiger partial charge in [-0.05, 0) is 38.5 Å². The maximum atomic E-state index is 13.1. The average molecular weight is 416 g/mol. The third-order valence-corrected chi connectivity index (χ3v) is 7.99. The normalized spacial score (nSPS) is 29.2. The molecule has 1 unspecified atom stereocenters. The number of amides is 2. The standard InChI is InChI=1S/C18H29N3O4S2/c22-14-8-6-13(7-9-14)21(12-4-2-1-3-5-12)18(25)20-17-19-10-16(27-17)26-11-15(23)24/h12-14,16,22H,1-11H2,(H,23,24)(H,19,20,25). The van der Waals surface area contributed by atoms with Crippen molar-refractivity contribution < 1.29 is 19.8 Å². The number of rotatable bonds is 5. The summed E-state index contributed by atoms with van der Waals surface area (Å²) in [7, 11) is 0. The highest BCUT2D eigenvalue weighted by molar-refractivity contribution is 8.25. The lowest BCUT2D eigenvalue weighted by atomic mass is 9.88. The van der Waals surface area contributed by atoms with E-state index in [1.165, 1.54) is 29.9 Å². The second-order valence-electron chi connectivity index (χ2n) is 7.49. The smallest absolute Gasteiger partial charge is 0.323 e. The topological polar surface area (TPSA) is 102 Å². The molecule has 3 N–H and O–H groups in total. The molecule has 0 aromatic rings. The quantitative estimate of drug-likeness (QED) is 0.638. The maximum absolute atomic E-state index is 13.1. The number of carbonyl (C=O) groups excluding carboxylic acids is 1. The number of aliphatic imine (C=N–C) groups is 1. The molecular weight excluding hydrogens is 386 g/mol. The molecule has 1 atom stereocenters. The number of carboxylic acids is 1. The number of aliphatic hydroxyl groups excluding tert-OH is 1. The molecule has 0 radical (unpaired) electrons. The van der Waals surface area contributed by atoms with Gasteiger partial charge in [0.2, 0.25) is 0 Å². The average Bonchev–Trinajstić information content (AvgIpc) is 3.10. The van der Waals surface area contributed by atoms with Crippen molar-refractivity contribution in [1.82, 2.24) is 10.2 Å². The van der Waals surface area contributed by atoms with Gasteiger partial charge in [-0.3, -0.25) is 15.1 Å². The number of hydrogen-bond donors (Lipinski definition) is 3. The Kier molecular flexibility index (Phi) is 7.72. The highest BCUT2D eigenvalue weighted by Gasteiger charge is 2.35. The Bertz CT molecular complexity index is 561. The number of nitrogens with zero attached hydrogens (tertiary/aromatic N) is 2. The molecule has 3 rings (SSSR count). The molecular formula is C18H29N3O4S2. The summed E-state index contributed by atoms with van der Waals surface area (Å²) < 4.78 is 0.0457. The van der Waals surface area contributed by atoms with E-state index in [9.17, 15) is 14.7 Å². The zero-order chi connectivity index (χ0) is 19.2. The third kappa shape index (κ3) is 6.02. The molecule has 2 aliphatic carbocycles. The van der Waals surface area contributed by atoms with Gasteiger partial charge in [0, 0.05) is 12.1 Å². The third-order valence-electron chi connectivity index (χ3n) is 5.50. The number of nitrogens with one attached hydrogen (secondary N) is 1. The summed E-state index contributed by atoms with van der Waals surface area (Å²) in [5.74, 6) is -0.784. The van der Waals surface area contributed by atoms with Crippen molar-refractivity contribution in [2.75, 3.05) is 12.3 Å². The Morgan fingerprint density at radius 2 is 1.78 bits per heavy atom. The molecule has 2 amide bonds. The van der Waals surface area contributed by atoms with E-state index in [1.54, 1.807) is 0 Å². The van der Waals surface area contributed by atoms with Crippen molar-refractivity contribution >= 4 is 40.7 Å². The first-order valence-electron chi connectivity index (χ1n) is 9.85. The number of urea groups is 1. The second kappa shape index (κ2) is 10.0. The molecule has 1 aliphatic heterocycles. The van der Waals surface area contributed by atoms with Gasteiger partial charge in [0.1, 0.15) is 0 Å². The molecule has 9 heteroatoms. The monoisotopic (exact) mass is 415 g/mol. The number of hydrogen-bond acceptors (Lipinski definition) is 6. The molecule has 0 saturated heterocycles. The molecule has 152 valence electrons. The Hall–Kier alpha value is -0.930. The van der Waals surface area contributed by atoms with E-state index in [0.29, 0.717) is 11.7 Å². The van der Waals surface area contributed by atoms with Crippen LogP contribution in [0.5, 0.6) is 0 Å². The lowest BCUT2D eigenvalue weighted by Gasteiger charge is -2.42. The summed E-state index contributed by atoms with van der Waals surface area (Å²) in [6, 6.07) is 0.363. The number of aliphatic carboxylic acids is 1. The number of thioether (sulfide) groups is 2. The maximum Gasteiger partial charge on any atom is 0.323 e. The van der Waals surface area contributed by atoms with E-state index in [1.807, 2.05) is 4.90 Å². The van der Waals surface area contributed by atoms with Crippen LogP contribution in [0.25, 0.3) is 0 Å². The van der Waals surface area contributed by atoms with Gasteiger partial charge in [-0.15, -0.1) is 11.8 Å². The van der Waals surface area contributed by atoms with Crippen LogP contribution in [0.15, 0.2) is 4.99 Å². The van der Waals surface area contributed by atoms with Gasteiger partial charge in [-0.1, -0.05) is 31.0 Å². The van der Waals surface area contributed by atoms with Gasteiger partial charge < -0.3 is 15.1 Å². The fourth-order valence-electron chi connectivity index (χ4n) is 4.16. The van der Waals surface area contributed by atoms with E-state index >= 15 is 0 Å². The van der Waals surface area contributed by atoms with Crippen LogP contribution in [0.1, 0.15) is 57.8 Å². The molecule has 0 aromatic carbocycles. The fraction of sp³-hybridized carbons (Fsp3) is 0.833. The van der Waals surface area contributed by atoms with E-state index in [4.69, 9.17) is 5.11 Å². The van der Waals surface area contributed by atoms with E-state index < -0.39 is 5.97 Å². The van der Waals surface area contributed by atoms with Crippen molar-refractivity contribution in [1.29, 1.82) is 0 Å². The van der Waals surface area contributed by atoms with Crippen LogP contribution in [-0.2, 0) is 4.79 Å². The molecule has 1 heterocycles. The van der Waals surface area contributed by atoms with Crippen molar-refractivity contribution in [3.05, 3.63) is 0 Å². The van der Waals surface area contributed by atoms with E-state index in [-0.39, 0.29) is 34.6 Å². The number of carbonyl (C=O) groups is 2. The number of carboxylic acid groups (broad SMARTS) is 1. The van der Waals surface area contributed by atoms with Crippen LogP contribution in [-0.4, -0.2) is 67.3 Å². The predicted octanol–water partition coefficient (Wildman–Crippen LogP) is 2.88. The summed E-state index contributed by atoms with van der Waals surface area (Å²) in [6.45, 7) is 0.525. The minimum absolute atomic E-state index is 0.0457. The number of aliphatic hydroxyl groups is 1. The van der Waals surface area contributed by atoms with Gasteiger partial charge in [0.25, 0.3) is 0 Å². The fourth-order valence-corrected chi connectivity index (χ4v) is 6.11. The Morgan fingerprint density at radius 3 is 2.44 bits per heavy atom. The SMILES string of the molecule is O=C(O)CSC1CN=C(NC(=O)N(C2CCCCC2)C2CCC(O)CC2)S1. The van der Waals surface area contributed by atoms with Gasteiger partial charge in [0.15, 0.2) is 5.17 Å². The minimum Gasteiger partial charge on any atom is -0.481 e. The minimum atomic E-state index is -0.832. The summed E-state index contributed by atoms with van der Waals surface area (Å²) >= 11 is 2.79. The van der Waals surface area contributed by atoms with Gasteiger partial charge in [-0.25, -0.2) is 4.79 Å². The van der Waals surface area contributed by atoms with Crippen LogP contribution in [0, 0.1) is 0 Å². The Balaban J connectivity index is 1.58. The first-order valence-corrected chi connectivity index (χ1v) is 11.8. The van der Waals surface area contributed by atoms with Crippen molar-refractivity contribution in [2.24, 2.45) is 4.99 Å². The van der Waals surface area contributed by atoms with Crippen LogP contribution in [0.3, 0.4) is 0 Å². The molecule has 27 heavy (non-hydrogen) atoms. The molecule has 0 bridgehead atoms. The highest BCUT2D eigenvalue weighted by Crippen LogP contribution is 2.32. The summed E-state index contributed by atoms with van der Waals surface area (Å²) in [4.78, 5) is 30.2. The largest absolute Gasteiger partial charge is 0.481 e. The molecule has 3 aliphatic rings. The van der Waals surface area contributed by atoms with Gasteiger partial charge in [0.05, 0.1) is 23.0 Å². The molecule has 7 nitrogen and oxygen atoms in total. The lowest BCUT2D eigenvalue weighted by Crippen LogP contribution is -2.54. The Labute approximate surface area is 168 Å². The lowest BCUT2D eigenvalue weighted by molar-refractivity contribution is -0.133. The Morgan fingerprint density at radius 1 is 1.11 bits per heavy atom. The van der Waals surface area contributed by atoms with Crippen molar-refractivity contribution in [3.63, 3.8) is 0 Å². The van der Waals surface area contributed by atoms with E-state index in [2.05, 4.69) is 10.3 Å². The summed E-state index contributed by atoms with van der Waals surface area (Å²) in [5, 5.41) is 22.2. The first kappa shape index (κ1) is 20.8. The molecule has 0 aromatic heterocycles. The zero-order valence-corrected chi connectivity index (χ0v) is 17.1. The van der Waals surface area contributed by atoms with Crippen LogP contribution in [0.2, 0.25) is 0 Å². The van der Waals surface area contributed by atoms with Crippen molar-refractivity contribution in [3.8, 4) is 0 Å².